The Balaban J connectivity index is 2.14. The Morgan fingerprint density at radius 3 is 2.88 bits per heavy atom. The molecule has 2 aromatic heterocycles. The second-order valence-corrected chi connectivity index (χ2v) is 4.09. The molecule has 0 saturated heterocycles. The van der Waals surface area contributed by atoms with Crippen molar-refractivity contribution in [3.63, 3.8) is 0 Å². The summed E-state index contributed by atoms with van der Waals surface area (Å²) in [4.78, 5) is 15.2. The SMILES string of the molecule is O=C(O)c1c(-c2cccnc2)noc1C1CC1. The molecule has 2 heterocycles. The van der Waals surface area contributed by atoms with Crippen LogP contribution in [0, 0.1) is 0 Å². The minimum atomic E-state index is -0.994. The zero-order valence-electron chi connectivity index (χ0n) is 8.96. The molecule has 5 nitrogen and oxygen atoms in total. The van der Waals surface area contributed by atoms with Gasteiger partial charge >= 0.3 is 5.97 Å². The molecule has 0 unspecified atom stereocenters. The second kappa shape index (κ2) is 3.69. The van der Waals surface area contributed by atoms with Crippen molar-refractivity contribution in [2.75, 3.05) is 0 Å². The van der Waals surface area contributed by atoms with E-state index in [1.54, 1.807) is 24.5 Å². The molecule has 0 spiro atoms. The van der Waals surface area contributed by atoms with Crippen molar-refractivity contribution < 1.29 is 14.4 Å². The molecule has 0 radical (unpaired) electrons. The maximum Gasteiger partial charge on any atom is 0.341 e. The van der Waals surface area contributed by atoms with Gasteiger partial charge in [0.25, 0.3) is 0 Å². The van der Waals surface area contributed by atoms with E-state index in [4.69, 9.17) is 4.52 Å². The Morgan fingerprint density at radius 1 is 1.47 bits per heavy atom. The van der Waals surface area contributed by atoms with E-state index in [2.05, 4.69) is 10.1 Å². The average molecular weight is 230 g/mol. The van der Waals surface area contributed by atoms with Gasteiger partial charge in [-0.05, 0) is 25.0 Å². The monoisotopic (exact) mass is 230 g/mol. The highest BCUT2D eigenvalue weighted by Crippen LogP contribution is 2.43. The molecule has 0 aromatic carbocycles. The first-order valence-electron chi connectivity index (χ1n) is 5.40. The van der Waals surface area contributed by atoms with Gasteiger partial charge in [0.05, 0.1) is 0 Å². The molecule has 0 bridgehead atoms. The van der Waals surface area contributed by atoms with Crippen LogP contribution in [0.5, 0.6) is 0 Å². The Morgan fingerprint density at radius 2 is 2.29 bits per heavy atom. The van der Waals surface area contributed by atoms with Crippen molar-refractivity contribution in [1.29, 1.82) is 0 Å². The summed E-state index contributed by atoms with van der Waals surface area (Å²) in [6.07, 6.45) is 5.16. The van der Waals surface area contributed by atoms with E-state index in [9.17, 15) is 9.90 Å². The van der Waals surface area contributed by atoms with Crippen LogP contribution in [0.1, 0.15) is 34.9 Å². The van der Waals surface area contributed by atoms with Gasteiger partial charge in [-0.1, -0.05) is 5.16 Å². The number of hydrogen-bond acceptors (Lipinski definition) is 4. The van der Waals surface area contributed by atoms with Crippen molar-refractivity contribution in [3.05, 3.63) is 35.9 Å². The summed E-state index contributed by atoms with van der Waals surface area (Å²) in [7, 11) is 0. The number of hydrogen-bond donors (Lipinski definition) is 1. The molecule has 2 aromatic rings. The van der Waals surface area contributed by atoms with Gasteiger partial charge < -0.3 is 9.63 Å². The van der Waals surface area contributed by atoms with Crippen molar-refractivity contribution in [2.45, 2.75) is 18.8 Å². The third kappa shape index (κ3) is 1.69. The van der Waals surface area contributed by atoms with Crippen LogP contribution < -0.4 is 0 Å². The number of nitrogens with zero attached hydrogens (tertiary/aromatic N) is 2. The summed E-state index contributed by atoms with van der Waals surface area (Å²) in [5.41, 5.74) is 1.22. The Labute approximate surface area is 97.1 Å². The molecule has 1 fully saturated rings. The zero-order valence-corrected chi connectivity index (χ0v) is 8.96. The Hall–Kier alpha value is -2.17. The van der Waals surface area contributed by atoms with E-state index in [1.165, 1.54) is 0 Å². The van der Waals surface area contributed by atoms with Crippen LogP contribution in [0.4, 0.5) is 0 Å². The van der Waals surface area contributed by atoms with E-state index >= 15 is 0 Å². The lowest BCUT2D eigenvalue weighted by Crippen LogP contribution is -2.00. The highest BCUT2D eigenvalue weighted by molar-refractivity contribution is 5.96. The van der Waals surface area contributed by atoms with E-state index in [-0.39, 0.29) is 11.5 Å². The molecular formula is C12H10N2O3. The second-order valence-electron chi connectivity index (χ2n) is 4.09. The van der Waals surface area contributed by atoms with Gasteiger partial charge in [0.2, 0.25) is 0 Å². The molecule has 5 heteroatoms. The van der Waals surface area contributed by atoms with E-state index < -0.39 is 5.97 Å². The Bertz CT molecular complexity index is 558. The highest BCUT2D eigenvalue weighted by atomic mass is 16.5. The number of carboxylic acid groups (broad SMARTS) is 1. The van der Waals surface area contributed by atoms with Gasteiger partial charge in [0.15, 0.2) is 5.76 Å². The number of aromatic nitrogens is 2. The van der Waals surface area contributed by atoms with E-state index in [0.717, 1.165) is 12.8 Å². The molecule has 1 aliphatic rings. The highest BCUT2D eigenvalue weighted by Gasteiger charge is 2.35. The molecule has 0 aliphatic heterocycles. The molecule has 0 atom stereocenters. The minimum absolute atomic E-state index is 0.181. The average Bonchev–Trinajstić information content (AvgIpc) is 3.08. The zero-order chi connectivity index (χ0) is 11.8. The third-order valence-electron chi connectivity index (χ3n) is 2.82. The van der Waals surface area contributed by atoms with Crippen LogP contribution >= 0.6 is 0 Å². The van der Waals surface area contributed by atoms with Gasteiger partial charge in [-0.2, -0.15) is 0 Å². The quantitative estimate of drug-likeness (QED) is 0.875. The molecule has 1 N–H and O–H groups in total. The number of carbonyl (C=O) groups is 1. The number of pyridine rings is 1. The van der Waals surface area contributed by atoms with Gasteiger partial charge in [-0.25, -0.2) is 4.79 Å². The first-order valence-corrected chi connectivity index (χ1v) is 5.40. The third-order valence-corrected chi connectivity index (χ3v) is 2.82. The maximum absolute atomic E-state index is 11.3. The van der Waals surface area contributed by atoms with Gasteiger partial charge in [-0.3, -0.25) is 4.98 Å². The molecule has 1 saturated carbocycles. The number of rotatable bonds is 3. The fraction of sp³-hybridized carbons (Fsp3) is 0.250. The smallest absolute Gasteiger partial charge is 0.341 e. The van der Waals surface area contributed by atoms with Crippen LogP contribution in [0.25, 0.3) is 11.3 Å². The lowest BCUT2D eigenvalue weighted by Gasteiger charge is -1.97. The maximum atomic E-state index is 11.3. The van der Waals surface area contributed by atoms with Crippen molar-refractivity contribution in [2.24, 2.45) is 0 Å². The number of carboxylic acids is 1. The summed E-state index contributed by atoms with van der Waals surface area (Å²) in [5, 5.41) is 13.1. The summed E-state index contributed by atoms with van der Waals surface area (Å²) in [6, 6.07) is 3.51. The Kier molecular flexibility index (Phi) is 2.18. The van der Waals surface area contributed by atoms with Crippen LogP contribution in [0.3, 0.4) is 0 Å². The molecule has 0 amide bonds. The van der Waals surface area contributed by atoms with Crippen molar-refractivity contribution >= 4 is 5.97 Å². The predicted octanol–water partition coefficient (Wildman–Crippen LogP) is 2.31. The van der Waals surface area contributed by atoms with Crippen LogP contribution in [-0.2, 0) is 0 Å². The molecular weight excluding hydrogens is 220 g/mol. The molecule has 3 rings (SSSR count). The van der Waals surface area contributed by atoms with Crippen LogP contribution in [0.15, 0.2) is 29.0 Å². The fourth-order valence-corrected chi connectivity index (χ4v) is 1.83. The summed E-state index contributed by atoms with van der Waals surface area (Å²) < 4.78 is 5.18. The summed E-state index contributed by atoms with van der Waals surface area (Å²) in [6.45, 7) is 0. The normalized spacial score (nSPS) is 14.8. The largest absolute Gasteiger partial charge is 0.477 e. The fourth-order valence-electron chi connectivity index (χ4n) is 1.83. The lowest BCUT2D eigenvalue weighted by atomic mass is 10.1. The predicted molar refractivity (Wildman–Crippen MR) is 58.7 cm³/mol. The topological polar surface area (TPSA) is 76.2 Å². The number of aromatic carboxylic acids is 1. The van der Waals surface area contributed by atoms with E-state index in [0.29, 0.717) is 17.0 Å². The van der Waals surface area contributed by atoms with Crippen LogP contribution in [-0.4, -0.2) is 21.2 Å². The van der Waals surface area contributed by atoms with Gasteiger partial charge in [0.1, 0.15) is 11.3 Å². The first-order chi connectivity index (χ1) is 8.27. The molecule has 1 aliphatic carbocycles. The van der Waals surface area contributed by atoms with Crippen LogP contribution in [0.2, 0.25) is 0 Å². The first kappa shape index (κ1) is 10.0. The van der Waals surface area contributed by atoms with Crippen molar-refractivity contribution in [3.8, 4) is 11.3 Å². The van der Waals surface area contributed by atoms with Crippen molar-refractivity contribution in [1.82, 2.24) is 10.1 Å². The molecule has 86 valence electrons. The standard InChI is InChI=1S/C12H10N2O3/c15-12(16)9-10(8-2-1-5-13-6-8)14-17-11(9)7-3-4-7/h1-2,5-7H,3-4H2,(H,15,16). The minimum Gasteiger partial charge on any atom is -0.477 e. The van der Waals surface area contributed by atoms with E-state index in [1.807, 2.05) is 0 Å². The van der Waals surface area contributed by atoms with Gasteiger partial charge in [0, 0.05) is 23.9 Å². The molecule has 17 heavy (non-hydrogen) atoms. The van der Waals surface area contributed by atoms with Gasteiger partial charge in [-0.15, -0.1) is 0 Å². The summed E-state index contributed by atoms with van der Waals surface area (Å²) >= 11 is 0. The summed E-state index contributed by atoms with van der Waals surface area (Å²) in [5.74, 6) is -0.276. The lowest BCUT2D eigenvalue weighted by molar-refractivity contribution is 0.0695.